The van der Waals surface area contributed by atoms with E-state index in [1.54, 1.807) is 24.3 Å². The van der Waals surface area contributed by atoms with E-state index in [2.05, 4.69) is 5.32 Å². The van der Waals surface area contributed by atoms with Gasteiger partial charge in [0.05, 0.1) is 0 Å². The molecule has 2 aromatic carbocycles. The summed E-state index contributed by atoms with van der Waals surface area (Å²) in [6.45, 7) is -0.0827. The Balaban J connectivity index is 1.74. The van der Waals surface area contributed by atoms with Crippen LogP contribution in [0.25, 0.3) is 0 Å². The van der Waals surface area contributed by atoms with Gasteiger partial charge in [-0.25, -0.2) is 17.2 Å². The Labute approximate surface area is 150 Å². The molecule has 138 valence electrons. The van der Waals surface area contributed by atoms with Crippen molar-refractivity contribution in [2.75, 3.05) is 7.05 Å². The number of sulfonamides is 1. The summed E-state index contributed by atoms with van der Waals surface area (Å²) in [6.07, 6.45) is 1.97. The molecule has 0 heterocycles. The summed E-state index contributed by atoms with van der Waals surface area (Å²) in [7, 11) is -3.08. The number of rotatable bonds is 6. The molecule has 1 fully saturated rings. The highest BCUT2D eigenvalue weighted by Crippen LogP contribution is 2.23. The summed E-state index contributed by atoms with van der Waals surface area (Å²) in [5.74, 6) is -2.44. The van der Waals surface area contributed by atoms with Crippen LogP contribution in [0, 0.1) is 11.6 Å². The summed E-state index contributed by atoms with van der Waals surface area (Å²) >= 11 is 0. The summed E-state index contributed by atoms with van der Waals surface area (Å²) in [5.41, 5.74) is 1.07. The number of halogens is 2. The number of nitrogens with zero attached hydrogens (tertiary/aromatic N) is 1. The molecule has 26 heavy (non-hydrogen) atoms. The van der Waals surface area contributed by atoms with Crippen molar-refractivity contribution in [1.29, 1.82) is 0 Å². The fourth-order valence-electron chi connectivity index (χ4n) is 2.48. The number of carbonyl (C=O) groups excluding carboxylic acids is 1. The van der Waals surface area contributed by atoms with Crippen LogP contribution in [0.15, 0.2) is 47.4 Å². The van der Waals surface area contributed by atoms with E-state index >= 15 is 0 Å². The summed E-state index contributed by atoms with van der Waals surface area (Å²) < 4.78 is 53.4. The fraction of sp³-hybridized carbons (Fsp3) is 0.278. The number of amides is 1. The molecule has 0 spiro atoms. The molecule has 2 aromatic rings. The lowest BCUT2D eigenvalue weighted by Crippen LogP contribution is -2.28. The molecule has 1 aliphatic rings. The first-order chi connectivity index (χ1) is 12.3. The van der Waals surface area contributed by atoms with Crippen molar-refractivity contribution in [1.82, 2.24) is 9.62 Å². The molecule has 0 bridgehead atoms. The minimum absolute atomic E-state index is 0.0827. The highest BCUT2D eigenvalue weighted by molar-refractivity contribution is 7.89. The van der Waals surface area contributed by atoms with Crippen molar-refractivity contribution in [3.05, 3.63) is 65.2 Å². The lowest BCUT2D eigenvalue weighted by atomic mass is 10.1. The van der Waals surface area contributed by atoms with Crippen molar-refractivity contribution in [2.45, 2.75) is 30.3 Å². The second-order valence-electron chi connectivity index (χ2n) is 6.26. The number of hydrogen-bond acceptors (Lipinski definition) is 3. The maximum Gasteiger partial charge on any atom is 0.251 e. The molecule has 0 atom stereocenters. The Kier molecular flexibility index (Phi) is 5.06. The Hall–Kier alpha value is -2.32. The summed E-state index contributed by atoms with van der Waals surface area (Å²) in [5, 5.41) is 2.86. The maximum atomic E-state index is 13.8. The maximum absolute atomic E-state index is 13.8. The zero-order valence-electron chi connectivity index (χ0n) is 14.1. The monoisotopic (exact) mass is 380 g/mol. The van der Waals surface area contributed by atoms with E-state index in [1.165, 1.54) is 7.05 Å². The van der Waals surface area contributed by atoms with Gasteiger partial charge in [0.25, 0.3) is 5.91 Å². The van der Waals surface area contributed by atoms with Gasteiger partial charge in [-0.05, 0) is 42.7 Å². The molecule has 1 amide bonds. The average Bonchev–Trinajstić information content (AvgIpc) is 3.39. The third kappa shape index (κ3) is 3.91. The van der Waals surface area contributed by atoms with E-state index in [9.17, 15) is 22.0 Å². The van der Waals surface area contributed by atoms with Gasteiger partial charge < -0.3 is 5.32 Å². The van der Waals surface area contributed by atoms with E-state index in [-0.39, 0.29) is 18.5 Å². The van der Waals surface area contributed by atoms with Gasteiger partial charge in [-0.3, -0.25) is 4.79 Å². The van der Waals surface area contributed by atoms with Crippen molar-refractivity contribution < 1.29 is 22.0 Å². The fourth-order valence-corrected chi connectivity index (χ4v) is 3.74. The van der Waals surface area contributed by atoms with Crippen LogP contribution in [0.5, 0.6) is 0 Å². The minimum Gasteiger partial charge on any atom is -0.349 e. The summed E-state index contributed by atoms with van der Waals surface area (Å²) in [6, 6.07) is 9.57. The van der Waals surface area contributed by atoms with Gasteiger partial charge >= 0.3 is 0 Å². The third-order valence-electron chi connectivity index (χ3n) is 4.12. The molecule has 1 saturated carbocycles. The van der Waals surface area contributed by atoms with Gasteiger partial charge in [0.1, 0.15) is 11.6 Å². The predicted octanol–water partition coefficient (Wildman–Crippen LogP) is 2.68. The molecule has 3 rings (SSSR count). The SMILES string of the molecule is CN(Cc1ccc(C(=O)NC2CC2)cc1)S(=O)(=O)c1c(F)cccc1F. The summed E-state index contributed by atoms with van der Waals surface area (Å²) in [4.78, 5) is 11.0. The number of hydrogen-bond donors (Lipinski definition) is 1. The number of benzene rings is 2. The predicted molar refractivity (Wildman–Crippen MR) is 91.9 cm³/mol. The Morgan fingerprint density at radius 1 is 1.12 bits per heavy atom. The highest BCUT2D eigenvalue weighted by Gasteiger charge is 2.28. The van der Waals surface area contributed by atoms with Gasteiger partial charge in [0, 0.05) is 25.2 Å². The van der Waals surface area contributed by atoms with Gasteiger partial charge in [-0.1, -0.05) is 18.2 Å². The standard InChI is InChI=1S/C18H18F2N2O3S/c1-22(26(24,25)17-15(19)3-2-4-16(17)20)11-12-5-7-13(8-6-12)18(23)21-14-9-10-14/h2-8,14H,9-11H2,1H3,(H,21,23). The average molecular weight is 380 g/mol. The number of carbonyl (C=O) groups is 1. The molecule has 0 radical (unpaired) electrons. The number of nitrogens with one attached hydrogen (secondary N) is 1. The lowest BCUT2D eigenvalue weighted by molar-refractivity contribution is 0.0951. The first-order valence-corrected chi connectivity index (χ1v) is 9.53. The van der Waals surface area contributed by atoms with Crippen molar-refractivity contribution in [2.24, 2.45) is 0 Å². The third-order valence-corrected chi connectivity index (χ3v) is 5.98. The molecule has 8 heteroatoms. The van der Waals surface area contributed by atoms with E-state index < -0.39 is 26.6 Å². The first-order valence-electron chi connectivity index (χ1n) is 8.09. The lowest BCUT2D eigenvalue weighted by Gasteiger charge is -2.18. The van der Waals surface area contributed by atoms with Crippen LogP contribution in [0.3, 0.4) is 0 Å². The van der Waals surface area contributed by atoms with Gasteiger partial charge in [0.15, 0.2) is 4.90 Å². The molecule has 1 N–H and O–H groups in total. The van der Waals surface area contributed by atoms with Crippen LogP contribution in [0.2, 0.25) is 0 Å². The van der Waals surface area contributed by atoms with Crippen molar-refractivity contribution in [3.63, 3.8) is 0 Å². The largest absolute Gasteiger partial charge is 0.349 e. The molecular weight excluding hydrogens is 362 g/mol. The Bertz CT molecular complexity index is 906. The van der Waals surface area contributed by atoms with Crippen LogP contribution >= 0.6 is 0 Å². The van der Waals surface area contributed by atoms with Crippen molar-refractivity contribution >= 4 is 15.9 Å². The Morgan fingerprint density at radius 3 is 2.23 bits per heavy atom. The van der Waals surface area contributed by atoms with E-state index in [0.717, 1.165) is 35.3 Å². The molecule has 5 nitrogen and oxygen atoms in total. The van der Waals surface area contributed by atoms with Crippen LogP contribution in [0.4, 0.5) is 8.78 Å². The smallest absolute Gasteiger partial charge is 0.251 e. The van der Waals surface area contributed by atoms with E-state index in [0.29, 0.717) is 11.1 Å². The molecule has 0 aromatic heterocycles. The van der Waals surface area contributed by atoms with Crippen LogP contribution < -0.4 is 5.32 Å². The molecule has 0 aliphatic heterocycles. The van der Waals surface area contributed by atoms with Crippen molar-refractivity contribution in [3.8, 4) is 0 Å². The van der Waals surface area contributed by atoms with Crippen LogP contribution in [-0.4, -0.2) is 31.7 Å². The highest BCUT2D eigenvalue weighted by atomic mass is 32.2. The Morgan fingerprint density at radius 2 is 1.69 bits per heavy atom. The second kappa shape index (κ2) is 7.13. The van der Waals surface area contributed by atoms with E-state index in [4.69, 9.17) is 0 Å². The zero-order chi connectivity index (χ0) is 18.9. The van der Waals surface area contributed by atoms with Crippen LogP contribution in [-0.2, 0) is 16.6 Å². The molecule has 1 aliphatic carbocycles. The zero-order valence-corrected chi connectivity index (χ0v) is 14.9. The topological polar surface area (TPSA) is 66.5 Å². The van der Waals surface area contributed by atoms with Gasteiger partial charge in [0.2, 0.25) is 10.0 Å². The quantitative estimate of drug-likeness (QED) is 0.838. The normalized spacial score (nSPS) is 14.5. The molecule has 0 saturated heterocycles. The molecular formula is C18H18F2N2O3S. The minimum atomic E-state index is -4.33. The second-order valence-corrected chi connectivity index (χ2v) is 8.24. The first kappa shape index (κ1) is 18.5. The van der Waals surface area contributed by atoms with Gasteiger partial charge in [-0.15, -0.1) is 0 Å². The molecule has 0 unspecified atom stereocenters. The van der Waals surface area contributed by atoms with Crippen LogP contribution in [0.1, 0.15) is 28.8 Å². The van der Waals surface area contributed by atoms with E-state index in [1.807, 2.05) is 0 Å². The van der Waals surface area contributed by atoms with Gasteiger partial charge in [-0.2, -0.15) is 4.31 Å².